The first-order valence-electron chi connectivity index (χ1n) is 3.71. The maximum atomic E-state index is 12.4. The van der Waals surface area contributed by atoms with Crippen LogP contribution in [-0.2, 0) is 12.7 Å². The maximum Gasteiger partial charge on any atom is 0.418 e. The number of nitrogen functional groups attached to an aromatic ring is 1. The molecule has 0 aromatic heterocycles. The van der Waals surface area contributed by atoms with Crippen molar-refractivity contribution in [1.82, 2.24) is 0 Å². The monoisotopic (exact) mass is 268 g/mol. The van der Waals surface area contributed by atoms with Crippen LogP contribution >= 0.6 is 15.9 Å². The van der Waals surface area contributed by atoms with E-state index in [4.69, 9.17) is 11.5 Å². The molecule has 0 aliphatic rings. The third kappa shape index (κ3) is 2.19. The molecule has 6 heteroatoms. The van der Waals surface area contributed by atoms with E-state index in [9.17, 15) is 13.2 Å². The quantitative estimate of drug-likeness (QED) is 0.769. The molecule has 0 bridgehead atoms. The van der Waals surface area contributed by atoms with Crippen LogP contribution in [0.2, 0.25) is 0 Å². The fraction of sp³-hybridized carbons (Fsp3) is 0.250. The lowest BCUT2D eigenvalue weighted by Crippen LogP contribution is -2.11. The number of halogens is 4. The molecule has 4 N–H and O–H groups in total. The van der Waals surface area contributed by atoms with Crippen molar-refractivity contribution in [2.75, 3.05) is 5.73 Å². The molecule has 0 aliphatic carbocycles. The van der Waals surface area contributed by atoms with Crippen molar-refractivity contribution >= 4 is 21.6 Å². The molecule has 1 rings (SSSR count). The van der Waals surface area contributed by atoms with E-state index in [0.29, 0.717) is 10.0 Å². The van der Waals surface area contributed by atoms with Crippen molar-refractivity contribution < 1.29 is 13.2 Å². The summed E-state index contributed by atoms with van der Waals surface area (Å²) in [5, 5.41) is 0. The number of nitrogens with two attached hydrogens (primary N) is 2. The summed E-state index contributed by atoms with van der Waals surface area (Å²) >= 11 is 3.08. The number of benzene rings is 1. The molecule has 0 radical (unpaired) electrons. The zero-order valence-corrected chi connectivity index (χ0v) is 8.61. The summed E-state index contributed by atoms with van der Waals surface area (Å²) in [7, 11) is 0. The lowest BCUT2D eigenvalue weighted by molar-refractivity contribution is -0.136. The molecular weight excluding hydrogens is 261 g/mol. The molecule has 0 spiro atoms. The maximum absolute atomic E-state index is 12.4. The Balaban J connectivity index is 3.32. The molecule has 0 saturated heterocycles. The van der Waals surface area contributed by atoms with Gasteiger partial charge in [-0.3, -0.25) is 0 Å². The second-order valence-electron chi connectivity index (χ2n) is 2.73. The minimum Gasteiger partial charge on any atom is -0.398 e. The Morgan fingerprint density at radius 3 is 2.29 bits per heavy atom. The first kappa shape index (κ1) is 11.3. The molecule has 0 fully saturated rings. The van der Waals surface area contributed by atoms with Crippen LogP contribution in [0, 0.1) is 0 Å². The van der Waals surface area contributed by atoms with Gasteiger partial charge in [0.25, 0.3) is 0 Å². The van der Waals surface area contributed by atoms with E-state index in [2.05, 4.69) is 15.9 Å². The molecular formula is C8H8BrF3N2. The van der Waals surface area contributed by atoms with E-state index in [0.717, 1.165) is 6.07 Å². The fourth-order valence-corrected chi connectivity index (χ4v) is 1.56. The Morgan fingerprint density at radius 2 is 1.86 bits per heavy atom. The zero-order valence-electron chi connectivity index (χ0n) is 7.03. The first-order valence-corrected chi connectivity index (χ1v) is 4.50. The van der Waals surface area contributed by atoms with Gasteiger partial charge in [0, 0.05) is 16.7 Å². The summed E-state index contributed by atoms with van der Waals surface area (Å²) < 4.78 is 37.6. The highest BCUT2D eigenvalue weighted by atomic mass is 79.9. The van der Waals surface area contributed by atoms with Crippen LogP contribution in [0.4, 0.5) is 18.9 Å². The number of rotatable bonds is 1. The normalized spacial score (nSPS) is 11.8. The van der Waals surface area contributed by atoms with Gasteiger partial charge in [-0.1, -0.05) is 15.9 Å². The van der Waals surface area contributed by atoms with Crippen LogP contribution in [0.3, 0.4) is 0 Å². The average molecular weight is 269 g/mol. The van der Waals surface area contributed by atoms with Gasteiger partial charge in [-0.15, -0.1) is 0 Å². The minimum atomic E-state index is -4.44. The summed E-state index contributed by atoms with van der Waals surface area (Å²) in [5.41, 5.74) is 9.75. The van der Waals surface area contributed by atoms with E-state index in [1.807, 2.05) is 0 Å². The van der Waals surface area contributed by atoms with Crippen LogP contribution in [0.5, 0.6) is 0 Å². The van der Waals surface area contributed by atoms with E-state index in [1.54, 1.807) is 0 Å². The van der Waals surface area contributed by atoms with Crippen LogP contribution in [0.1, 0.15) is 11.1 Å². The second kappa shape index (κ2) is 3.78. The SMILES string of the molecule is NCc1cc(C(F)(F)F)c(N)cc1Br. The van der Waals surface area contributed by atoms with Crippen molar-refractivity contribution in [3.05, 3.63) is 27.7 Å². The Bertz CT molecular complexity index is 349. The van der Waals surface area contributed by atoms with Gasteiger partial charge in [0.1, 0.15) is 0 Å². The predicted octanol–water partition coefficient (Wildman–Crippen LogP) is 2.51. The van der Waals surface area contributed by atoms with Gasteiger partial charge in [-0.05, 0) is 17.7 Å². The largest absolute Gasteiger partial charge is 0.418 e. The summed E-state index contributed by atoms with van der Waals surface area (Å²) in [4.78, 5) is 0. The van der Waals surface area contributed by atoms with E-state index in [-0.39, 0.29) is 12.2 Å². The Hall–Kier alpha value is -0.750. The third-order valence-electron chi connectivity index (χ3n) is 1.74. The summed E-state index contributed by atoms with van der Waals surface area (Å²) in [5.74, 6) is 0. The van der Waals surface area contributed by atoms with Crippen molar-refractivity contribution in [3.63, 3.8) is 0 Å². The molecule has 2 nitrogen and oxygen atoms in total. The molecule has 0 amide bonds. The van der Waals surface area contributed by atoms with E-state index >= 15 is 0 Å². The molecule has 78 valence electrons. The van der Waals surface area contributed by atoms with Gasteiger partial charge in [-0.25, -0.2) is 0 Å². The molecule has 1 aromatic rings. The van der Waals surface area contributed by atoms with Crippen molar-refractivity contribution in [2.24, 2.45) is 5.73 Å². The Kier molecular flexibility index (Phi) is 3.06. The predicted molar refractivity (Wildman–Crippen MR) is 51.4 cm³/mol. The molecule has 1 aromatic carbocycles. The highest BCUT2D eigenvalue weighted by Gasteiger charge is 2.33. The molecule has 0 atom stereocenters. The van der Waals surface area contributed by atoms with E-state index in [1.165, 1.54) is 6.07 Å². The standard InChI is InChI=1S/C8H8BrF3N2/c9-6-2-7(14)5(8(10,11)12)1-4(6)3-13/h1-2H,3,13-14H2. The topological polar surface area (TPSA) is 52.0 Å². The van der Waals surface area contributed by atoms with Crippen LogP contribution in [0.25, 0.3) is 0 Å². The molecule has 0 heterocycles. The lowest BCUT2D eigenvalue weighted by Gasteiger charge is -2.12. The van der Waals surface area contributed by atoms with Gasteiger partial charge < -0.3 is 11.5 Å². The Morgan fingerprint density at radius 1 is 1.29 bits per heavy atom. The van der Waals surface area contributed by atoms with Gasteiger partial charge in [-0.2, -0.15) is 13.2 Å². The number of hydrogen-bond acceptors (Lipinski definition) is 2. The molecule has 0 unspecified atom stereocenters. The second-order valence-corrected chi connectivity index (χ2v) is 3.59. The summed E-state index contributed by atoms with van der Waals surface area (Å²) in [6.45, 7) is 0.0317. The number of anilines is 1. The number of alkyl halides is 3. The highest BCUT2D eigenvalue weighted by molar-refractivity contribution is 9.10. The van der Waals surface area contributed by atoms with Crippen molar-refractivity contribution in [3.8, 4) is 0 Å². The lowest BCUT2D eigenvalue weighted by atomic mass is 10.1. The van der Waals surface area contributed by atoms with E-state index < -0.39 is 11.7 Å². The molecule has 0 aliphatic heterocycles. The van der Waals surface area contributed by atoms with Crippen LogP contribution in [0.15, 0.2) is 16.6 Å². The third-order valence-corrected chi connectivity index (χ3v) is 2.48. The van der Waals surface area contributed by atoms with Gasteiger partial charge >= 0.3 is 6.18 Å². The zero-order chi connectivity index (χ0) is 10.9. The highest BCUT2D eigenvalue weighted by Crippen LogP contribution is 2.36. The van der Waals surface area contributed by atoms with Gasteiger partial charge in [0.05, 0.1) is 5.56 Å². The fourth-order valence-electron chi connectivity index (χ4n) is 1.04. The average Bonchev–Trinajstić information content (AvgIpc) is 2.02. The molecule has 0 saturated carbocycles. The number of hydrogen-bond donors (Lipinski definition) is 2. The smallest absolute Gasteiger partial charge is 0.398 e. The van der Waals surface area contributed by atoms with Gasteiger partial charge in [0.2, 0.25) is 0 Å². The van der Waals surface area contributed by atoms with Crippen LogP contribution in [-0.4, -0.2) is 0 Å². The Labute approximate surface area is 87.2 Å². The summed E-state index contributed by atoms with van der Waals surface area (Å²) in [6.07, 6.45) is -4.44. The van der Waals surface area contributed by atoms with Crippen LogP contribution < -0.4 is 11.5 Å². The minimum absolute atomic E-state index is 0.0317. The van der Waals surface area contributed by atoms with Crippen molar-refractivity contribution in [1.29, 1.82) is 0 Å². The van der Waals surface area contributed by atoms with Gasteiger partial charge in [0.15, 0.2) is 0 Å². The van der Waals surface area contributed by atoms with Crippen molar-refractivity contribution in [2.45, 2.75) is 12.7 Å². The first-order chi connectivity index (χ1) is 6.36. The summed E-state index contributed by atoms with van der Waals surface area (Å²) in [6, 6.07) is 2.17. The molecule has 14 heavy (non-hydrogen) atoms.